The molecule has 21 heavy (non-hydrogen) atoms. The van der Waals surface area contributed by atoms with Gasteiger partial charge in [-0.15, -0.1) is 11.8 Å². The van der Waals surface area contributed by atoms with Crippen LogP contribution in [0.5, 0.6) is 0 Å². The summed E-state index contributed by atoms with van der Waals surface area (Å²) in [6.45, 7) is 1.57. The molecule has 0 unspecified atom stereocenters. The van der Waals surface area contributed by atoms with Crippen LogP contribution in [-0.4, -0.2) is 28.4 Å². The van der Waals surface area contributed by atoms with Crippen molar-refractivity contribution in [2.24, 2.45) is 0 Å². The molecule has 1 fully saturated rings. The normalized spacial score (nSPS) is 18.8. The number of rotatable bonds is 4. The Hall–Kier alpha value is -1.74. The molecule has 0 N–H and O–H groups in total. The minimum atomic E-state index is 0.258. The fourth-order valence-electron chi connectivity index (χ4n) is 2.64. The van der Waals surface area contributed by atoms with E-state index in [9.17, 15) is 4.79 Å². The van der Waals surface area contributed by atoms with Gasteiger partial charge in [-0.05, 0) is 17.5 Å². The van der Waals surface area contributed by atoms with E-state index < -0.39 is 0 Å². The molecule has 0 aromatic heterocycles. The van der Waals surface area contributed by atoms with E-state index in [0.29, 0.717) is 11.0 Å². The Kier molecular flexibility index (Phi) is 4.61. The van der Waals surface area contributed by atoms with E-state index >= 15 is 0 Å². The van der Waals surface area contributed by atoms with Crippen molar-refractivity contribution in [2.75, 3.05) is 12.3 Å². The first-order valence-corrected chi connectivity index (χ1v) is 8.33. The van der Waals surface area contributed by atoms with Crippen molar-refractivity contribution in [1.29, 1.82) is 0 Å². The highest BCUT2D eigenvalue weighted by Gasteiger charge is 2.26. The van der Waals surface area contributed by atoms with Crippen LogP contribution >= 0.6 is 11.8 Å². The first-order valence-electron chi connectivity index (χ1n) is 7.28. The van der Waals surface area contributed by atoms with Crippen molar-refractivity contribution in [3.63, 3.8) is 0 Å². The fourth-order valence-corrected chi connectivity index (χ4v) is 3.79. The largest absolute Gasteiger partial charge is 0.337 e. The van der Waals surface area contributed by atoms with Gasteiger partial charge in [0.15, 0.2) is 0 Å². The van der Waals surface area contributed by atoms with E-state index in [4.69, 9.17) is 0 Å². The lowest BCUT2D eigenvalue weighted by atomic mass is 10.1. The van der Waals surface area contributed by atoms with Gasteiger partial charge in [0, 0.05) is 18.3 Å². The van der Waals surface area contributed by atoms with Crippen LogP contribution in [0.3, 0.4) is 0 Å². The SMILES string of the molecule is O=C1CS[C@@H](Cc2ccccc2)CN1Cc1ccccc1. The molecule has 2 aromatic rings. The lowest BCUT2D eigenvalue weighted by Gasteiger charge is -2.32. The predicted octanol–water partition coefficient (Wildman–Crippen LogP) is 3.37. The summed E-state index contributed by atoms with van der Waals surface area (Å²) in [4.78, 5) is 14.1. The molecular formula is C18H19NOS. The molecule has 1 amide bonds. The zero-order valence-corrected chi connectivity index (χ0v) is 12.8. The van der Waals surface area contributed by atoms with Gasteiger partial charge in [0.1, 0.15) is 0 Å². The molecule has 0 bridgehead atoms. The summed E-state index contributed by atoms with van der Waals surface area (Å²) in [6.07, 6.45) is 1.03. The van der Waals surface area contributed by atoms with Crippen LogP contribution < -0.4 is 0 Å². The number of carbonyl (C=O) groups is 1. The summed E-state index contributed by atoms with van der Waals surface area (Å²) >= 11 is 1.79. The van der Waals surface area contributed by atoms with Crippen molar-refractivity contribution in [3.8, 4) is 0 Å². The number of hydrogen-bond donors (Lipinski definition) is 0. The van der Waals surface area contributed by atoms with E-state index in [1.165, 1.54) is 11.1 Å². The third kappa shape index (κ3) is 3.88. The number of thioether (sulfide) groups is 1. The van der Waals surface area contributed by atoms with Gasteiger partial charge >= 0.3 is 0 Å². The van der Waals surface area contributed by atoms with E-state index in [-0.39, 0.29) is 5.91 Å². The second-order valence-electron chi connectivity index (χ2n) is 5.38. The Morgan fingerprint density at radius 1 is 0.952 bits per heavy atom. The summed E-state index contributed by atoms with van der Waals surface area (Å²) < 4.78 is 0. The number of nitrogens with zero attached hydrogens (tertiary/aromatic N) is 1. The number of benzene rings is 2. The van der Waals surface area contributed by atoms with Crippen LogP contribution in [0.1, 0.15) is 11.1 Å². The molecule has 1 saturated heterocycles. The first-order chi connectivity index (χ1) is 10.3. The predicted molar refractivity (Wildman–Crippen MR) is 88.3 cm³/mol. The van der Waals surface area contributed by atoms with Crippen molar-refractivity contribution in [3.05, 3.63) is 71.8 Å². The van der Waals surface area contributed by atoms with Gasteiger partial charge in [-0.2, -0.15) is 0 Å². The van der Waals surface area contributed by atoms with Gasteiger partial charge in [0.05, 0.1) is 5.75 Å². The Balaban J connectivity index is 1.63. The van der Waals surface area contributed by atoms with Gasteiger partial charge in [0.2, 0.25) is 5.91 Å². The van der Waals surface area contributed by atoms with E-state index in [2.05, 4.69) is 36.4 Å². The first kappa shape index (κ1) is 14.2. The minimum absolute atomic E-state index is 0.258. The van der Waals surface area contributed by atoms with Gasteiger partial charge < -0.3 is 4.90 Å². The Bertz CT molecular complexity index is 585. The Labute approximate surface area is 130 Å². The molecule has 3 rings (SSSR count). The summed E-state index contributed by atoms with van der Waals surface area (Å²) in [5.41, 5.74) is 2.56. The van der Waals surface area contributed by atoms with Crippen LogP contribution in [0.25, 0.3) is 0 Å². The van der Waals surface area contributed by atoms with Crippen LogP contribution in [0, 0.1) is 0 Å². The van der Waals surface area contributed by atoms with Crippen molar-refractivity contribution in [1.82, 2.24) is 4.90 Å². The topological polar surface area (TPSA) is 20.3 Å². The molecular weight excluding hydrogens is 278 g/mol. The van der Waals surface area contributed by atoms with Gasteiger partial charge in [0.25, 0.3) is 0 Å². The van der Waals surface area contributed by atoms with Crippen LogP contribution in [0.4, 0.5) is 0 Å². The molecule has 0 aliphatic carbocycles. The molecule has 2 aromatic carbocycles. The molecule has 2 nitrogen and oxygen atoms in total. The van der Waals surface area contributed by atoms with Crippen molar-refractivity contribution < 1.29 is 4.79 Å². The summed E-state index contributed by atoms with van der Waals surface area (Å²) in [5, 5.41) is 0.494. The fraction of sp³-hybridized carbons (Fsp3) is 0.278. The quantitative estimate of drug-likeness (QED) is 0.862. The lowest BCUT2D eigenvalue weighted by Crippen LogP contribution is -2.42. The highest BCUT2D eigenvalue weighted by molar-refractivity contribution is 8.00. The molecule has 3 heteroatoms. The Morgan fingerprint density at radius 2 is 1.57 bits per heavy atom. The van der Waals surface area contributed by atoms with Crippen molar-refractivity contribution in [2.45, 2.75) is 18.2 Å². The highest BCUT2D eigenvalue weighted by atomic mass is 32.2. The monoisotopic (exact) mass is 297 g/mol. The van der Waals surface area contributed by atoms with Gasteiger partial charge in [-0.1, -0.05) is 60.7 Å². The second kappa shape index (κ2) is 6.81. The van der Waals surface area contributed by atoms with Gasteiger partial charge in [-0.25, -0.2) is 0 Å². The zero-order chi connectivity index (χ0) is 14.5. The van der Waals surface area contributed by atoms with E-state index in [1.54, 1.807) is 11.8 Å². The summed E-state index contributed by atoms with van der Waals surface area (Å²) in [6, 6.07) is 20.8. The molecule has 108 valence electrons. The molecule has 0 radical (unpaired) electrons. The standard InChI is InChI=1S/C18H19NOS/c20-18-14-21-17(11-15-7-3-1-4-8-15)13-19(18)12-16-9-5-2-6-10-16/h1-10,17H,11-14H2/t17-/m0/s1. The average molecular weight is 297 g/mol. The zero-order valence-electron chi connectivity index (χ0n) is 11.9. The number of hydrogen-bond acceptors (Lipinski definition) is 2. The maximum Gasteiger partial charge on any atom is 0.232 e. The molecule has 1 heterocycles. The second-order valence-corrected chi connectivity index (χ2v) is 6.67. The van der Waals surface area contributed by atoms with E-state index in [1.807, 2.05) is 29.2 Å². The number of carbonyl (C=O) groups excluding carboxylic acids is 1. The Morgan fingerprint density at radius 3 is 2.24 bits per heavy atom. The van der Waals surface area contributed by atoms with Crippen LogP contribution in [0.2, 0.25) is 0 Å². The molecule has 1 aliphatic heterocycles. The minimum Gasteiger partial charge on any atom is -0.337 e. The van der Waals surface area contributed by atoms with Crippen LogP contribution in [-0.2, 0) is 17.8 Å². The third-order valence-electron chi connectivity index (χ3n) is 3.74. The maximum atomic E-state index is 12.1. The molecule has 0 saturated carbocycles. The van der Waals surface area contributed by atoms with Crippen LogP contribution in [0.15, 0.2) is 60.7 Å². The molecule has 1 aliphatic rings. The van der Waals surface area contributed by atoms with E-state index in [0.717, 1.165) is 19.5 Å². The summed E-state index contributed by atoms with van der Waals surface area (Å²) in [7, 11) is 0. The third-order valence-corrected chi connectivity index (χ3v) is 4.94. The average Bonchev–Trinajstić information content (AvgIpc) is 2.53. The molecule has 1 atom stereocenters. The smallest absolute Gasteiger partial charge is 0.232 e. The number of amides is 1. The van der Waals surface area contributed by atoms with Gasteiger partial charge in [-0.3, -0.25) is 4.79 Å². The summed E-state index contributed by atoms with van der Waals surface area (Å²) in [5.74, 6) is 0.859. The molecule has 0 spiro atoms. The van der Waals surface area contributed by atoms with Crippen molar-refractivity contribution >= 4 is 17.7 Å². The lowest BCUT2D eigenvalue weighted by molar-refractivity contribution is -0.129. The highest BCUT2D eigenvalue weighted by Crippen LogP contribution is 2.24. The maximum absolute atomic E-state index is 12.1.